The van der Waals surface area contributed by atoms with E-state index in [9.17, 15) is 9.59 Å². The van der Waals surface area contributed by atoms with Crippen molar-refractivity contribution in [3.63, 3.8) is 0 Å². The molecular weight excluding hydrogens is 456 g/mol. The Morgan fingerprint density at radius 1 is 1.14 bits per heavy atom. The molecule has 1 fully saturated rings. The molecule has 0 radical (unpaired) electrons. The van der Waals surface area contributed by atoms with Gasteiger partial charge in [0, 0.05) is 44.6 Å². The van der Waals surface area contributed by atoms with Gasteiger partial charge >= 0.3 is 6.03 Å². The Hall–Kier alpha value is -3.90. The van der Waals surface area contributed by atoms with Crippen molar-refractivity contribution in [2.45, 2.75) is 45.1 Å². The fourth-order valence-electron chi connectivity index (χ4n) is 4.66. The lowest BCUT2D eigenvalue weighted by molar-refractivity contribution is -0.123. The zero-order chi connectivity index (χ0) is 25.5. The minimum atomic E-state index is -0.437. The topological polar surface area (TPSA) is 112 Å². The highest BCUT2D eigenvalue weighted by Gasteiger charge is 2.25. The van der Waals surface area contributed by atoms with Crippen LogP contribution in [-0.2, 0) is 16.1 Å². The smallest absolute Gasteiger partial charge is 0.326 e. The Bertz CT molecular complexity index is 1250. The van der Waals surface area contributed by atoms with Gasteiger partial charge in [0.25, 0.3) is 0 Å². The van der Waals surface area contributed by atoms with Crippen LogP contribution in [0.1, 0.15) is 44.1 Å². The summed E-state index contributed by atoms with van der Waals surface area (Å²) in [5.41, 5.74) is 3.43. The molecule has 3 amide bonds. The maximum atomic E-state index is 13.0. The SMILES string of the molecule is COCCCn1c(NC(=O)Nc2ccc(C#N)cc2)nc2cc(N(C)C(=O)C3CCCCC3)ccc21. The molecule has 0 saturated heterocycles. The number of carbonyl (C=O) groups is 2. The molecule has 0 spiro atoms. The molecular formula is C27H32N6O3. The maximum Gasteiger partial charge on any atom is 0.326 e. The lowest BCUT2D eigenvalue weighted by Crippen LogP contribution is -2.33. The number of nitrogens with one attached hydrogen (secondary N) is 2. The van der Waals surface area contributed by atoms with E-state index >= 15 is 0 Å². The van der Waals surface area contributed by atoms with Gasteiger partial charge in [0.2, 0.25) is 11.9 Å². The third-order valence-electron chi connectivity index (χ3n) is 6.63. The fraction of sp³-hybridized carbons (Fsp3) is 0.407. The molecule has 0 atom stereocenters. The lowest BCUT2D eigenvalue weighted by Gasteiger charge is -2.26. The van der Waals surface area contributed by atoms with Crippen molar-refractivity contribution >= 4 is 40.3 Å². The number of anilines is 3. The van der Waals surface area contributed by atoms with E-state index in [0.29, 0.717) is 35.9 Å². The number of hydrogen-bond acceptors (Lipinski definition) is 5. The van der Waals surface area contributed by atoms with Gasteiger partial charge in [-0.15, -0.1) is 0 Å². The van der Waals surface area contributed by atoms with Gasteiger partial charge in [-0.25, -0.2) is 9.78 Å². The molecule has 4 rings (SSSR count). The molecule has 9 nitrogen and oxygen atoms in total. The molecule has 2 N–H and O–H groups in total. The van der Waals surface area contributed by atoms with E-state index in [2.05, 4.69) is 21.7 Å². The number of urea groups is 1. The van der Waals surface area contributed by atoms with Gasteiger partial charge in [-0.05, 0) is 61.7 Å². The molecule has 1 aliphatic rings. The van der Waals surface area contributed by atoms with Crippen LogP contribution >= 0.6 is 0 Å². The molecule has 0 bridgehead atoms. The largest absolute Gasteiger partial charge is 0.385 e. The number of methoxy groups -OCH3 is 1. The van der Waals surface area contributed by atoms with E-state index in [1.807, 2.05) is 29.8 Å². The number of imidazole rings is 1. The van der Waals surface area contributed by atoms with Crippen LogP contribution in [0.2, 0.25) is 0 Å². The molecule has 188 valence electrons. The number of ether oxygens (including phenoxy) is 1. The minimum absolute atomic E-state index is 0.0780. The molecule has 36 heavy (non-hydrogen) atoms. The van der Waals surface area contributed by atoms with Crippen LogP contribution < -0.4 is 15.5 Å². The number of rotatable bonds is 8. The minimum Gasteiger partial charge on any atom is -0.385 e. The van der Waals surface area contributed by atoms with Crippen molar-refractivity contribution in [1.29, 1.82) is 5.26 Å². The summed E-state index contributed by atoms with van der Waals surface area (Å²) < 4.78 is 7.15. The number of carbonyl (C=O) groups excluding carboxylic acids is 2. The summed E-state index contributed by atoms with van der Waals surface area (Å²) in [6.07, 6.45) is 6.05. The summed E-state index contributed by atoms with van der Waals surface area (Å²) in [4.78, 5) is 32.2. The Kier molecular flexibility index (Phi) is 8.18. The van der Waals surface area contributed by atoms with E-state index < -0.39 is 6.03 Å². The number of aromatic nitrogens is 2. The highest BCUT2D eigenvalue weighted by molar-refractivity contribution is 6.00. The normalized spacial score (nSPS) is 13.8. The first-order valence-corrected chi connectivity index (χ1v) is 12.3. The zero-order valence-corrected chi connectivity index (χ0v) is 20.8. The van der Waals surface area contributed by atoms with Crippen LogP contribution in [0.3, 0.4) is 0 Å². The molecule has 3 aromatic rings. The van der Waals surface area contributed by atoms with Crippen molar-refractivity contribution in [2.24, 2.45) is 5.92 Å². The molecule has 1 saturated carbocycles. The van der Waals surface area contributed by atoms with Crippen molar-refractivity contribution < 1.29 is 14.3 Å². The maximum absolute atomic E-state index is 13.0. The first-order valence-electron chi connectivity index (χ1n) is 12.3. The summed E-state index contributed by atoms with van der Waals surface area (Å²) in [5.74, 6) is 0.633. The average molecular weight is 489 g/mol. The fourth-order valence-corrected chi connectivity index (χ4v) is 4.66. The first-order chi connectivity index (χ1) is 17.5. The molecule has 0 unspecified atom stereocenters. The van der Waals surface area contributed by atoms with Gasteiger partial charge in [0.15, 0.2) is 0 Å². The lowest BCUT2D eigenvalue weighted by atomic mass is 9.88. The summed E-state index contributed by atoms with van der Waals surface area (Å²) in [6.45, 7) is 1.18. The van der Waals surface area contributed by atoms with Gasteiger partial charge in [0.1, 0.15) is 0 Å². The Morgan fingerprint density at radius 3 is 2.58 bits per heavy atom. The van der Waals surface area contributed by atoms with Crippen LogP contribution in [0.5, 0.6) is 0 Å². The summed E-state index contributed by atoms with van der Waals surface area (Å²) in [6, 6.07) is 14.0. The summed E-state index contributed by atoms with van der Waals surface area (Å²) in [5, 5.41) is 14.6. The highest BCUT2D eigenvalue weighted by Crippen LogP contribution is 2.29. The van der Waals surface area contributed by atoms with Crippen LogP contribution in [0, 0.1) is 17.2 Å². The third kappa shape index (κ3) is 5.83. The molecule has 9 heteroatoms. The van der Waals surface area contributed by atoms with Crippen molar-refractivity contribution in [3.8, 4) is 6.07 Å². The first kappa shape index (κ1) is 25.2. The van der Waals surface area contributed by atoms with E-state index in [-0.39, 0.29) is 11.8 Å². The Morgan fingerprint density at radius 2 is 1.89 bits per heavy atom. The number of nitrogens with zero attached hydrogens (tertiary/aromatic N) is 4. The number of aryl methyl sites for hydroxylation is 1. The van der Waals surface area contributed by atoms with Gasteiger partial charge < -0.3 is 19.5 Å². The average Bonchev–Trinajstić information content (AvgIpc) is 3.24. The number of benzene rings is 2. The molecule has 0 aliphatic heterocycles. The van der Waals surface area contributed by atoms with Gasteiger partial charge in [0.05, 0.1) is 22.7 Å². The number of amides is 3. The zero-order valence-electron chi connectivity index (χ0n) is 20.8. The second-order valence-electron chi connectivity index (χ2n) is 9.11. The summed E-state index contributed by atoms with van der Waals surface area (Å²) in [7, 11) is 3.47. The Labute approximate surface area is 211 Å². The van der Waals surface area contributed by atoms with E-state index in [1.54, 1.807) is 36.3 Å². The van der Waals surface area contributed by atoms with Gasteiger partial charge in [-0.3, -0.25) is 10.1 Å². The second kappa shape index (κ2) is 11.7. The Balaban J connectivity index is 1.56. The third-order valence-corrected chi connectivity index (χ3v) is 6.63. The predicted octanol–water partition coefficient (Wildman–Crippen LogP) is 5.13. The molecule has 2 aromatic carbocycles. The molecule has 1 aliphatic carbocycles. The van der Waals surface area contributed by atoms with Crippen molar-refractivity contribution in [1.82, 2.24) is 9.55 Å². The van der Waals surface area contributed by atoms with Gasteiger partial charge in [-0.2, -0.15) is 5.26 Å². The number of hydrogen-bond donors (Lipinski definition) is 2. The monoisotopic (exact) mass is 488 g/mol. The number of nitriles is 1. The standard InChI is InChI=1S/C27H32N6O3/c1-32(25(34)20-7-4-3-5-8-20)22-13-14-24-23(17-22)30-26(33(24)15-6-16-36-2)31-27(35)29-21-11-9-19(18-28)10-12-21/h9-14,17,20H,3-8,15-16H2,1-2H3,(H2,29,30,31,35). The molecule has 1 heterocycles. The van der Waals surface area contributed by atoms with Crippen molar-refractivity contribution in [2.75, 3.05) is 36.3 Å². The van der Waals surface area contributed by atoms with Gasteiger partial charge in [-0.1, -0.05) is 19.3 Å². The van der Waals surface area contributed by atoms with Crippen LogP contribution in [0.4, 0.5) is 22.1 Å². The highest BCUT2D eigenvalue weighted by atomic mass is 16.5. The van der Waals surface area contributed by atoms with E-state index in [4.69, 9.17) is 10.00 Å². The van der Waals surface area contributed by atoms with Crippen LogP contribution in [0.25, 0.3) is 11.0 Å². The summed E-state index contributed by atoms with van der Waals surface area (Å²) >= 11 is 0. The van der Waals surface area contributed by atoms with E-state index in [0.717, 1.165) is 43.3 Å². The van der Waals surface area contributed by atoms with Crippen molar-refractivity contribution in [3.05, 3.63) is 48.0 Å². The quantitative estimate of drug-likeness (QED) is 0.427. The number of fused-ring (bicyclic) bond motifs is 1. The van der Waals surface area contributed by atoms with Crippen LogP contribution in [0.15, 0.2) is 42.5 Å². The van der Waals surface area contributed by atoms with Crippen LogP contribution in [-0.4, -0.2) is 42.3 Å². The second-order valence-corrected chi connectivity index (χ2v) is 9.11. The predicted molar refractivity (Wildman–Crippen MR) is 140 cm³/mol. The molecule has 1 aromatic heterocycles. The van der Waals surface area contributed by atoms with E-state index in [1.165, 1.54) is 6.42 Å².